The highest BCUT2D eigenvalue weighted by atomic mass is 16.6. The number of nitrogens with zero attached hydrogens (tertiary/aromatic N) is 1. The van der Waals surface area contributed by atoms with E-state index in [1.165, 1.54) is 0 Å². The largest absolute Gasteiger partial charge is 0.444 e. The van der Waals surface area contributed by atoms with Gasteiger partial charge in [0.15, 0.2) is 0 Å². The van der Waals surface area contributed by atoms with Gasteiger partial charge in [-0.15, -0.1) is 0 Å². The van der Waals surface area contributed by atoms with Crippen LogP contribution in [-0.2, 0) is 4.74 Å². The Kier molecular flexibility index (Phi) is 5.64. The van der Waals surface area contributed by atoms with Crippen molar-refractivity contribution in [1.82, 2.24) is 5.32 Å². The fourth-order valence-corrected chi connectivity index (χ4v) is 2.77. The van der Waals surface area contributed by atoms with Gasteiger partial charge < -0.3 is 15.0 Å². The lowest BCUT2D eigenvalue weighted by Crippen LogP contribution is -2.42. The number of hydrogen-bond donors (Lipinski definition) is 1. The van der Waals surface area contributed by atoms with Crippen LogP contribution in [0.25, 0.3) is 0 Å². The molecule has 1 aromatic rings. The van der Waals surface area contributed by atoms with Gasteiger partial charge in [-0.3, -0.25) is 4.79 Å². The molecule has 2 rings (SSSR count). The second-order valence-corrected chi connectivity index (χ2v) is 7.05. The zero-order valence-electron chi connectivity index (χ0n) is 14.2. The summed E-state index contributed by atoms with van der Waals surface area (Å²) in [6.45, 7) is 8.10. The normalized spacial score (nSPS) is 18.4. The number of alkyl carbamates (subject to hydrolysis) is 1. The quantitative estimate of drug-likeness (QED) is 0.866. The smallest absolute Gasteiger partial charge is 0.407 e. The van der Waals surface area contributed by atoms with Crippen LogP contribution in [0.1, 0.15) is 44.0 Å². The summed E-state index contributed by atoms with van der Waals surface area (Å²) in [5.74, 6) is 0.405. The van der Waals surface area contributed by atoms with Gasteiger partial charge in [-0.2, -0.15) is 0 Å². The number of ether oxygens (including phenoxy) is 1. The first-order valence-electron chi connectivity index (χ1n) is 8.14. The second kappa shape index (κ2) is 7.49. The fourth-order valence-electron chi connectivity index (χ4n) is 2.77. The highest BCUT2D eigenvalue weighted by Gasteiger charge is 2.22. The van der Waals surface area contributed by atoms with Crippen molar-refractivity contribution in [2.24, 2.45) is 5.92 Å². The molecule has 1 heterocycles. The van der Waals surface area contributed by atoms with Gasteiger partial charge in [0, 0.05) is 30.9 Å². The number of anilines is 1. The number of carbonyl (C=O) groups is 2. The molecule has 1 saturated heterocycles. The fraction of sp³-hybridized carbons (Fsp3) is 0.556. The van der Waals surface area contributed by atoms with Crippen molar-refractivity contribution in [3.63, 3.8) is 0 Å². The molecule has 1 amide bonds. The number of nitrogens with one attached hydrogen (secondary N) is 1. The SMILES string of the molecule is CC(C)(C)OC(=O)NC[C@H]1CCCN(c2ccc(C=O)cc2)C1. The van der Waals surface area contributed by atoms with E-state index in [2.05, 4.69) is 10.2 Å². The molecule has 1 aliphatic rings. The number of amides is 1. The van der Waals surface area contributed by atoms with Crippen LogP contribution in [0, 0.1) is 5.92 Å². The molecule has 0 radical (unpaired) electrons. The molecule has 5 heteroatoms. The molecule has 0 aromatic heterocycles. The van der Waals surface area contributed by atoms with E-state index in [4.69, 9.17) is 4.74 Å². The summed E-state index contributed by atoms with van der Waals surface area (Å²) in [4.78, 5) is 24.8. The van der Waals surface area contributed by atoms with Crippen LogP contribution < -0.4 is 10.2 Å². The van der Waals surface area contributed by atoms with Crippen molar-refractivity contribution in [3.05, 3.63) is 29.8 Å². The molecular formula is C18H26N2O3. The Morgan fingerprint density at radius 2 is 2.04 bits per heavy atom. The molecule has 23 heavy (non-hydrogen) atoms. The molecule has 0 bridgehead atoms. The van der Waals surface area contributed by atoms with E-state index in [1.54, 1.807) is 0 Å². The second-order valence-electron chi connectivity index (χ2n) is 7.05. The average molecular weight is 318 g/mol. The van der Waals surface area contributed by atoms with E-state index >= 15 is 0 Å². The van der Waals surface area contributed by atoms with Gasteiger partial charge in [0.05, 0.1) is 0 Å². The Morgan fingerprint density at radius 3 is 2.65 bits per heavy atom. The molecule has 1 aromatic carbocycles. The minimum absolute atomic E-state index is 0.357. The first kappa shape index (κ1) is 17.3. The van der Waals surface area contributed by atoms with Crippen LogP contribution in [0.5, 0.6) is 0 Å². The maximum atomic E-state index is 11.7. The molecule has 1 fully saturated rings. The molecular weight excluding hydrogens is 292 g/mol. The molecule has 0 unspecified atom stereocenters. The number of rotatable bonds is 4. The van der Waals surface area contributed by atoms with Gasteiger partial charge in [-0.25, -0.2) is 4.79 Å². The predicted molar refractivity (Wildman–Crippen MR) is 91.0 cm³/mol. The summed E-state index contributed by atoms with van der Waals surface area (Å²) < 4.78 is 5.27. The van der Waals surface area contributed by atoms with Crippen LogP contribution in [0.3, 0.4) is 0 Å². The summed E-state index contributed by atoms with van der Waals surface area (Å²) in [6.07, 6.45) is 2.69. The van der Waals surface area contributed by atoms with Crippen LogP contribution in [0.4, 0.5) is 10.5 Å². The lowest BCUT2D eigenvalue weighted by Gasteiger charge is -2.34. The van der Waals surface area contributed by atoms with E-state index in [9.17, 15) is 9.59 Å². The maximum absolute atomic E-state index is 11.7. The lowest BCUT2D eigenvalue weighted by atomic mass is 9.97. The van der Waals surface area contributed by atoms with Gasteiger partial charge in [0.1, 0.15) is 11.9 Å². The van der Waals surface area contributed by atoms with Crippen LogP contribution in [-0.4, -0.2) is 37.6 Å². The van der Waals surface area contributed by atoms with Crippen molar-refractivity contribution >= 4 is 18.1 Å². The van der Waals surface area contributed by atoms with E-state index in [-0.39, 0.29) is 6.09 Å². The highest BCUT2D eigenvalue weighted by Crippen LogP contribution is 2.23. The van der Waals surface area contributed by atoms with E-state index in [0.29, 0.717) is 18.0 Å². The Labute approximate surface area is 138 Å². The first-order chi connectivity index (χ1) is 10.9. The molecule has 0 aliphatic carbocycles. The van der Waals surface area contributed by atoms with Gasteiger partial charge in [0.25, 0.3) is 0 Å². The summed E-state index contributed by atoms with van der Waals surface area (Å²) >= 11 is 0. The van der Waals surface area contributed by atoms with Crippen molar-refractivity contribution in [3.8, 4) is 0 Å². The number of carbonyl (C=O) groups excluding carboxylic acids is 2. The van der Waals surface area contributed by atoms with Crippen LogP contribution >= 0.6 is 0 Å². The number of benzene rings is 1. The Balaban J connectivity index is 1.85. The Morgan fingerprint density at radius 1 is 1.35 bits per heavy atom. The number of hydrogen-bond acceptors (Lipinski definition) is 4. The van der Waals surface area contributed by atoms with Crippen molar-refractivity contribution in [2.45, 2.75) is 39.2 Å². The minimum atomic E-state index is -0.469. The standard InChI is InChI=1S/C18H26N2O3/c1-18(2,3)23-17(22)19-11-15-5-4-10-20(12-15)16-8-6-14(13-21)7-9-16/h6-9,13,15H,4-5,10-12H2,1-3H3,(H,19,22)/t15-/m1/s1. The van der Waals surface area contributed by atoms with Crippen LogP contribution in [0.15, 0.2) is 24.3 Å². The molecule has 0 saturated carbocycles. The third kappa shape index (κ3) is 5.58. The Hall–Kier alpha value is -2.04. The molecule has 1 N–H and O–H groups in total. The van der Waals surface area contributed by atoms with Gasteiger partial charge in [-0.1, -0.05) is 0 Å². The van der Waals surface area contributed by atoms with Gasteiger partial charge in [-0.05, 0) is 63.8 Å². The molecule has 0 spiro atoms. The minimum Gasteiger partial charge on any atom is -0.444 e. The predicted octanol–water partition coefficient (Wildman–Crippen LogP) is 3.24. The van der Waals surface area contributed by atoms with Gasteiger partial charge in [0.2, 0.25) is 0 Å². The van der Waals surface area contributed by atoms with E-state index in [1.807, 2.05) is 45.0 Å². The van der Waals surface area contributed by atoms with Gasteiger partial charge >= 0.3 is 6.09 Å². The summed E-state index contributed by atoms with van der Waals surface area (Å²) in [6, 6.07) is 7.64. The number of piperidine rings is 1. The summed E-state index contributed by atoms with van der Waals surface area (Å²) in [7, 11) is 0. The van der Waals surface area contributed by atoms with Crippen LogP contribution in [0.2, 0.25) is 0 Å². The Bertz CT molecular complexity index is 534. The summed E-state index contributed by atoms with van der Waals surface area (Å²) in [5, 5.41) is 2.87. The lowest BCUT2D eigenvalue weighted by molar-refractivity contribution is 0.0517. The highest BCUT2D eigenvalue weighted by molar-refractivity contribution is 5.75. The van der Waals surface area contributed by atoms with E-state index < -0.39 is 5.60 Å². The first-order valence-corrected chi connectivity index (χ1v) is 8.14. The van der Waals surface area contributed by atoms with E-state index in [0.717, 1.165) is 37.9 Å². The third-order valence-electron chi connectivity index (χ3n) is 3.85. The average Bonchev–Trinajstić information content (AvgIpc) is 2.52. The zero-order valence-corrected chi connectivity index (χ0v) is 14.2. The topological polar surface area (TPSA) is 58.6 Å². The summed E-state index contributed by atoms with van der Waals surface area (Å²) in [5.41, 5.74) is 1.34. The van der Waals surface area contributed by atoms with Crippen molar-refractivity contribution in [2.75, 3.05) is 24.5 Å². The monoisotopic (exact) mass is 318 g/mol. The maximum Gasteiger partial charge on any atom is 0.407 e. The third-order valence-corrected chi connectivity index (χ3v) is 3.85. The zero-order chi connectivity index (χ0) is 16.9. The molecule has 1 atom stereocenters. The number of aldehydes is 1. The molecule has 1 aliphatic heterocycles. The molecule has 5 nitrogen and oxygen atoms in total. The van der Waals surface area contributed by atoms with Crippen molar-refractivity contribution < 1.29 is 14.3 Å². The van der Waals surface area contributed by atoms with Crippen molar-refractivity contribution in [1.29, 1.82) is 0 Å². The molecule has 126 valence electrons.